The van der Waals surface area contributed by atoms with Gasteiger partial charge in [-0.25, -0.2) is 13.6 Å². The number of amides is 1. The predicted molar refractivity (Wildman–Crippen MR) is 119 cm³/mol. The van der Waals surface area contributed by atoms with E-state index in [1.54, 1.807) is 43.3 Å². The van der Waals surface area contributed by atoms with Crippen molar-refractivity contribution in [1.82, 2.24) is 0 Å². The molecule has 0 unspecified atom stereocenters. The molecule has 31 heavy (non-hydrogen) atoms. The molecule has 1 amide bonds. The van der Waals surface area contributed by atoms with Crippen LogP contribution in [0.2, 0.25) is 0 Å². The van der Waals surface area contributed by atoms with Crippen LogP contribution in [0.15, 0.2) is 65.6 Å². The highest BCUT2D eigenvalue weighted by Gasteiger charge is 2.16. The maximum Gasteiger partial charge on any atom is 0.238 e. The van der Waals surface area contributed by atoms with Crippen LogP contribution in [0.4, 0.5) is 5.69 Å². The molecule has 3 aromatic carbocycles. The summed E-state index contributed by atoms with van der Waals surface area (Å²) >= 11 is 0. The Kier molecular flexibility index (Phi) is 6.09. The fourth-order valence-electron chi connectivity index (χ4n) is 3.25. The molecule has 0 atom stereocenters. The van der Waals surface area contributed by atoms with Gasteiger partial charge in [0.2, 0.25) is 15.9 Å². The van der Waals surface area contributed by atoms with Gasteiger partial charge in [-0.15, -0.1) is 0 Å². The zero-order valence-corrected chi connectivity index (χ0v) is 17.5. The van der Waals surface area contributed by atoms with Crippen LogP contribution in [0.25, 0.3) is 11.1 Å². The summed E-state index contributed by atoms with van der Waals surface area (Å²) in [6.07, 6.45) is -0.109. The molecule has 0 heterocycles. The van der Waals surface area contributed by atoms with Gasteiger partial charge in [-0.3, -0.25) is 10.2 Å². The lowest BCUT2D eigenvalue weighted by Gasteiger charge is -2.13. The SMILES string of the molecule is Cc1cc(NC(=O)Cc2cc(C(=N)N)ccc2O)ccc1-c1ccccc1S(N)(=O)=O. The number of nitrogens with two attached hydrogens (primary N) is 2. The van der Waals surface area contributed by atoms with Gasteiger partial charge in [-0.05, 0) is 54.4 Å². The molecule has 0 saturated heterocycles. The normalized spacial score (nSPS) is 11.2. The van der Waals surface area contributed by atoms with E-state index in [1.807, 2.05) is 0 Å². The second-order valence-corrected chi connectivity index (χ2v) is 8.58. The second kappa shape index (κ2) is 8.58. The summed E-state index contributed by atoms with van der Waals surface area (Å²) in [5.41, 5.74) is 8.63. The number of benzene rings is 3. The second-order valence-electron chi connectivity index (χ2n) is 7.05. The van der Waals surface area contributed by atoms with Crippen LogP contribution in [0, 0.1) is 12.3 Å². The maximum absolute atomic E-state index is 12.5. The van der Waals surface area contributed by atoms with Crippen molar-refractivity contribution in [3.05, 3.63) is 77.4 Å². The van der Waals surface area contributed by atoms with Gasteiger partial charge in [-0.2, -0.15) is 0 Å². The summed E-state index contributed by atoms with van der Waals surface area (Å²) in [4.78, 5) is 12.5. The largest absolute Gasteiger partial charge is 0.508 e. The van der Waals surface area contributed by atoms with Crippen molar-refractivity contribution in [2.45, 2.75) is 18.2 Å². The molecule has 3 aromatic rings. The molecule has 0 saturated carbocycles. The number of nitrogens with one attached hydrogen (secondary N) is 2. The fraction of sp³-hybridized carbons (Fsp3) is 0.0909. The average molecular weight is 439 g/mol. The first-order valence-corrected chi connectivity index (χ1v) is 10.8. The van der Waals surface area contributed by atoms with E-state index in [-0.39, 0.29) is 28.8 Å². The Morgan fingerprint density at radius 3 is 2.42 bits per heavy atom. The minimum atomic E-state index is -3.89. The Bertz CT molecular complexity index is 1290. The van der Waals surface area contributed by atoms with E-state index in [9.17, 15) is 18.3 Å². The standard InChI is InChI=1S/C22H22N4O4S/c1-13-10-16(7-8-17(13)18-4-2-3-5-20(18)31(25,29)30)26-21(28)12-15-11-14(22(23)24)6-9-19(15)27/h2-11,27H,12H2,1H3,(H3,23,24)(H,26,28)(H2,25,29,30). The van der Waals surface area contributed by atoms with Gasteiger partial charge < -0.3 is 16.2 Å². The molecule has 0 aliphatic rings. The summed E-state index contributed by atoms with van der Waals surface area (Å²) in [5, 5.41) is 25.5. The molecule has 9 heteroatoms. The number of primary sulfonamides is 1. The fourth-order valence-corrected chi connectivity index (χ4v) is 4.01. The van der Waals surface area contributed by atoms with Crippen LogP contribution in [0.3, 0.4) is 0 Å². The van der Waals surface area contributed by atoms with Gasteiger partial charge in [0.25, 0.3) is 0 Å². The van der Waals surface area contributed by atoms with Crippen LogP contribution in [-0.4, -0.2) is 25.3 Å². The molecular formula is C22H22N4O4S. The monoisotopic (exact) mass is 438 g/mol. The Labute approximate surface area is 180 Å². The molecule has 0 bridgehead atoms. The van der Waals surface area contributed by atoms with E-state index < -0.39 is 10.0 Å². The molecule has 0 fully saturated rings. The van der Waals surface area contributed by atoms with Crippen LogP contribution in [-0.2, 0) is 21.2 Å². The predicted octanol–water partition coefficient (Wildman–Crippen LogP) is 2.48. The Hall–Kier alpha value is -3.69. The number of rotatable bonds is 6. The summed E-state index contributed by atoms with van der Waals surface area (Å²) in [6.45, 7) is 1.80. The van der Waals surface area contributed by atoms with Crippen LogP contribution in [0.5, 0.6) is 5.75 Å². The van der Waals surface area contributed by atoms with Crippen LogP contribution >= 0.6 is 0 Å². The number of hydrogen-bond acceptors (Lipinski definition) is 5. The highest BCUT2D eigenvalue weighted by atomic mass is 32.2. The van der Waals surface area contributed by atoms with Gasteiger partial charge in [-0.1, -0.05) is 24.3 Å². The van der Waals surface area contributed by atoms with Gasteiger partial charge in [0, 0.05) is 22.4 Å². The Balaban J connectivity index is 1.83. The van der Waals surface area contributed by atoms with Crippen molar-refractivity contribution in [1.29, 1.82) is 5.41 Å². The Morgan fingerprint density at radius 2 is 1.77 bits per heavy atom. The van der Waals surface area contributed by atoms with Crippen LogP contribution < -0.4 is 16.2 Å². The zero-order valence-electron chi connectivity index (χ0n) is 16.7. The molecule has 0 aliphatic heterocycles. The van der Waals surface area contributed by atoms with Gasteiger partial charge in [0.1, 0.15) is 11.6 Å². The lowest BCUT2D eigenvalue weighted by Crippen LogP contribution is -2.16. The topological polar surface area (TPSA) is 159 Å². The zero-order chi connectivity index (χ0) is 22.8. The van der Waals surface area contributed by atoms with Crippen molar-refractivity contribution in [2.24, 2.45) is 10.9 Å². The number of nitrogen functional groups attached to an aromatic ring is 1. The van der Waals surface area contributed by atoms with E-state index in [2.05, 4.69) is 5.32 Å². The number of carbonyl (C=O) groups excluding carboxylic acids is 1. The average Bonchev–Trinajstić information content (AvgIpc) is 2.69. The maximum atomic E-state index is 12.5. The number of sulfonamides is 1. The van der Waals surface area contributed by atoms with Crippen molar-refractivity contribution in [3.63, 3.8) is 0 Å². The first kappa shape index (κ1) is 22.0. The van der Waals surface area contributed by atoms with E-state index in [4.69, 9.17) is 16.3 Å². The van der Waals surface area contributed by atoms with Crippen molar-refractivity contribution >= 4 is 27.5 Å². The van der Waals surface area contributed by atoms with Crippen LogP contribution in [0.1, 0.15) is 16.7 Å². The minimum Gasteiger partial charge on any atom is -0.508 e. The number of carbonyl (C=O) groups is 1. The van der Waals surface area contributed by atoms with E-state index >= 15 is 0 Å². The number of anilines is 1. The quantitative estimate of drug-likeness (QED) is 0.295. The van der Waals surface area contributed by atoms with E-state index in [0.717, 1.165) is 5.56 Å². The summed E-state index contributed by atoms with van der Waals surface area (Å²) in [7, 11) is -3.89. The number of aromatic hydroxyl groups is 1. The molecule has 160 valence electrons. The third-order valence-electron chi connectivity index (χ3n) is 4.74. The lowest BCUT2D eigenvalue weighted by atomic mass is 10.00. The molecule has 0 radical (unpaired) electrons. The number of amidine groups is 1. The van der Waals surface area contributed by atoms with Gasteiger partial charge in [0.05, 0.1) is 11.3 Å². The molecular weight excluding hydrogens is 416 g/mol. The summed E-state index contributed by atoms with van der Waals surface area (Å²) in [6, 6.07) is 15.9. The lowest BCUT2D eigenvalue weighted by molar-refractivity contribution is -0.115. The third kappa shape index (κ3) is 5.08. The number of phenolic OH excluding ortho intramolecular Hbond substituents is 1. The summed E-state index contributed by atoms with van der Waals surface area (Å²) in [5.74, 6) is -0.591. The van der Waals surface area contributed by atoms with Crippen molar-refractivity contribution in [2.75, 3.05) is 5.32 Å². The van der Waals surface area contributed by atoms with Gasteiger partial charge in [0.15, 0.2) is 0 Å². The smallest absolute Gasteiger partial charge is 0.238 e. The van der Waals surface area contributed by atoms with Crippen molar-refractivity contribution < 1.29 is 18.3 Å². The van der Waals surface area contributed by atoms with E-state index in [1.165, 1.54) is 24.3 Å². The summed E-state index contributed by atoms with van der Waals surface area (Å²) < 4.78 is 23.8. The molecule has 7 N–H and O–H groups in total. The minimum absolute atomic E-state index is 0.0238. The molecule has 3 rings (SSSR count). The van der Waals surface area contributed by atoms with Gasteiger partial charge >= 0.3 is 0 Å². The first-order valence-electron chi connectivity index (χ1n) is 9.25. The molecule has 0 aromatic heterocycles. The third-order valence-corrected chi connectivity index (χ3v) is 5.70. The molecule has 0 aliphatic carbocycles. The molecule has 0 spiro atoms. The van der Waals surface area contributed by atoms with Crippen molar-refractivity contribution in [3.8, 4) is 16.9 Å². The number of aryl methyl sites for hydroxylation is 1. The Morgan fingerprint density at radius 1 is 1.06 bits per heavy atom. The van der Waals surface area contributed by atoms with E-state index in [0.29, 0.717) is 27.9 Å². The highest BCUT2D eigenvalue weighted by molar-refractivity contribution is 7.89. The number of phenols is 1. The highest BCUT2D eigenvalue weighted by Crippen LogP contribution is 2.31. The number of hydrogen-bond donors (Lipinski definition) is 5. The first-order chi connectivity index (χ1) is 14.6. The molecule has 8 nitrogen and oxygen atoms in total.